The standard InChI is InChI=1S/C22H26N4OS/c1-14-11-17(4)20-19(12-14)24-22(28-20)26-9-7-25(8-10-26)21(27)23-18-6-5-15(2)16(3)13-18/h5-6,11-13H,7-10H2,1-4H3,(H,23,27). The van der Waals surface area contributed by atoms with Gasteiger partial charge in [-0.25, -0.2) is 9.78 Å². The number of nitrogens with one attached hydrogen (secondary N) is 1. The van der Waals surface area contributed by atoms with Gasteiger partial charge in [0.05, 0.1) is 10.2 Å². The summed E-state index contributed by atoms with van der Waals surface area (Å²) in [4.78, 5) is 21.6. The fourth-order valence-electron chi connectivity index (χ4n) is 3.62. The van der Waals surface area contributed by atoms with Gasteiger partial charge in [0.2, 0.25) is 0 Å². The number of aromatic nitrogens is 1. The summed E-state index contributed by atoms with van der Waals surface area (Å²) in [6, 6.07) is 10.4. The summed E-state index contributed by atoms with van der Waals surface area (Å²) < 4.78 is 1.26. The van der Waals surface area contributed by atoms with E-state index in [1.54, 1.807) is 11.3 Å². The zero-order valence-corrected chi connectivity index (χ0v) is 17.7. The van der Waals surface area contributed by atoms with Gasteiger partial charge in [0, 0.05) is 31.9 Å². The van der Waals surface area contributed by atoms with Crippen molar-refractivity contribution in [1.29, 1.82) is 0 Å². The number of carbonyl (C=O) groups excluding carboxylic acids is 1. The number of fused-ring (bicyclic) bond motifs is 1. The van der Waals surface area contributed by atoms with E-state index in [0.717, 1.165) is 29.4 Å². The summed E-state index contributed by atoms with van der Waals surface area (Å²) >= 11 is 1.75. The fraction of sp³-hybridized carbons (Fsp3) is 0.364. The van der Waals surface area contributed by atoms with Crippen LogP contribution in [0.1, 0.15) is 22.3 Å². The van der Waals surface area contributed by atoms with Crippen molar-refractivity contribution in [3.63, 3.8) is 0 Å². The van der Waals surface area contributed by atoms with Crippen molar-refractivity contribution in [2.45, 2.75) is 27.7 Å². The van der Waals surface area contributed by atoms with Gasteiger partial charge in [0.25, 0.3) is 0 Å². The maximum Gasteiger partial charge on any atom is 0.321 e. The summed E-state index contributed by atoms with van der Waals surface area (Å²) in [5, 5.41) is 4.08. The Morgan fingerprint density at radius 1 is 0.964 bits per heavy atom. The van der Waals surface area contributed by atoms with Gasteiger partial charge in [-0.15, -0.1) is 0 Å². The summed E-state index contributed by atoms with van der Waals surface area (Å²) in [5.41, 5.74) is 6.87. The monoisotopic (exact) mass is 394 g/mol. The minimum atomic E-state index is -0.0290. The minimum absolute atomic E-state index is 0.0290. The van der Waals surface area contributed by atoms with Gasteiger partial charge >= 0.3 is 6.03 Å². The van der Waals surface area contributed by atoms with Crippen molar-refractivity contribution >= 4 is 38.4 Å². The van der Waals surface area contributed by atoms with Crippen LogP contribution in [0.2, 0.25) is 0 Å². The molecule has 0 bridgehead atoms. The van der Waals surface area contributed by atoms with Crippen LogP contribution in [0.3, 0.4) is 0 Å². The Balaban J connectivity index is 1.41. The van der Waals surface area contributed by atoms with Crippen molar-refractivity contribution in [2.24, 2.45) is 0 Å². The number of anilines is 2. The summed E-state index contributed by atoms with van der Waals surface area (Å²) in [7, 11) is 0. The molecule has 0 radical (unpaired) electrons. The van der Waals surface area contributed by atoms with E-state index in [1.165, 1.54) is 27.0 Å². The molecule has 6 heteroatoms. The molecular weight excluding hydrogens is 368 g/mol. The molecule has 0 spiro atoms. The molecule has 2 amide bonds. The third-order valence-electron chi connectivity index (χ3n) is 5.40. The third kappa shape index (κ3) is 3.69. The van der Waals surface area contributed by atoms with Gasteiger partial charge in [-0.2, -0.15) is 0 Å². The molecule has 5 nitrogen and oxygen atoms in total. The van der Waals surface area contributed by atoms with Crippen LogP contribution < -0.4 is 10.2 Å². The first-order valence-corrected chi connectivity index (χ1v) is 10.5. The van der Waals surface area contributed by atoms with E-state index in [9.17, 15) is 4.79 Å². The molecule has 0 atom stereocenters. The number of benzene rings is 2. The van der Waals surface area contributed by atoms with Crippen LogP contribution in [0.25, 0.3) is 10.2 Å². The van der Waals surface area contributed by atoms with Gasteiger partial charge in [-0.3, -0.25) is 0 Å². The van der Waals surface area contributed by atoms with Crippen LogP contribution in [-0.4, -0.2) is 42.1 Å². The van der Waals surface area contributed by atoms with E-state index in [-0.39, 0.29) is 6.03 Å². The Labute approximate surface area is 170 Å². The zero-order chi connectivity index (χ0) is 19.8. The molecule has 0 aliphatic carbocycles. The number of urea groups is 1. The van der Waals surface area contributed by atoms with Crippen LogP contribution in [0.4, 0.5) is 15.6 Å². The normalized spacial score (nSPS) is 14.6. The number of piperazine rings is 1. The molecule has 1 aromatic heterocycles. The molecular formula is C22H26N4OS. The molecule has 1 N–H and O–H groups in total. The molecule has 0 saturated carbocycles. The molecule has 146 valence electrons. The number of rotatable bonds is 2. The average molecular weight is 395 g/mol. The number of hydrogen-bond acceptors (Lipinski definition) is 4. The Bertz CT molecular complexity index is 1030. The minimum Gasteiger partial charge on any atom is -0.345 e. The predicted molar refractivity (Wildman–Crippen MR) is 118 cm³/mol. The second kappa shape index (κ2) is 7.43. The second-order valence-corrected chi connectivity index (χ2v) is 8.61. The largest absolute Gasteiger partial charge is 0.345 e. The van der Waals surface area contributed by atoms with Crippen LogP contribution >= 0.6 is 11.3 Å². The molecule has 2 heterocycles. The molecule has 0 unspecified atom stereocenters. The van der Waals surface area contributed by atoms with E-state index < -0.39 is 0 Å². The molecule has 4 rings (SSSR count). The number of aryl methyl sites for hydroxylation is 4. The third-order valence-corrected chi connectivity index (χ3v) is 6.67. The van der Waals surface area contributed by atoms with Gasteiger partial charge in [0.15, 0.2) is 5.13 Å². The van der Waals surface area contributed by atoms with E-state index in [0.29, 0.717) is 13.1 Å². The molecule has 3 aromatic rings. The first-order valence-electron chi connectivity index (χ1n) is 9.66. The lowest BCUT2D eigenvalue weighted by atomic mass is 10.1. The van der Waals surface area contributed by atoms with E-state index in [2.05, 4.69) is 50.0 Å². The lowest BCUT2D eigenvalue weighted by Crippen LogP contribution is -2.50. The topological polar surface area (TPSA) is 48.5 Å². The highest BCUT2D eigenvalue weighted by Gasteiger charge is 2.23. The highest BCUT2D eigenvalue weighted by atomic mass is 32.1. The summed E-state index contributed by atoms with van der Waals surface area (Å²) in [5.74, 6) is 0. The molecule has 28 heavy (non-hydrogen) atoms. The van der Waals surface area contributed by atoms with Gasteiger partial charge in [-0.05, 0) is 68.1 Å². The molecule has 1 aliphatic rings. The summed E-state index contributed by atoms with van der Waals surface area (Å²) in [6.45, 7) is 11.4. The highest BCUT2D eigenvalue weighted by molar-refractivity contribution is 7.22. The first-order chi connectivity index (χ1) is 13.4. The van der Waals surface area contributed by atoms with Crippen molar-refractivity contribution < 1.29 is 4.79 Å². The number of nitrogens with zero attached hydrogens (tertiary/aromatic N) is 3. The van der Waals surface area contributed by atoms with E-state index >= 15 is 0 Å². The maximum absolute atomic E-state index is 12.6. The lowest BCUT2D eigenvalue weighted by molar-refractivity contribution is 0.208. The van der Waals surface area contributed by atoms with Gasteiger partial charge < -0.3 is 15.1 Å². The van der Waals surface area contributed by atoms with Crippen LogP contribution in [-0.2, 0) is 0 Å². The fourth-order valence-corrected chi connectivity index (χ4v) is 4.69. The van der Waals surface area contributed by atoms with Crippen molar-refractivity contribution in [3.05, 3.63) is 52.6 Å². The van der Waals surface area contributed by atoms with Crippen molar-refractivity contribution in [3.8, 4) is 0 Å². The Hall–Kier alpha value is -2.60. The first kappa shape index (κ1) is 18.7. The quantitative estimate of drug-likeness (QED) is 0.674. The Morgan fingerprint density at radius 2 is 1.71 bits per heavy atom. The highest BCUT2D eigenvalue weighted by Crippen LogP contribution is 2.32. The molecule has 1 saturated heterocycles. The number of amides is 2. The maximum atomic E-state index is 12.6. The van der Waals surface area contributed by atoms with E-state index in [1.807, 2.05) is 23.1 Å². The second-order valence-electron chi connectivity index (χ2n) is 7.63. The lowest BCUT2D eigenvalue weighted by Gasteiger charge is -2.34. The van der Waals surface area contributed by atoms with Crippen molar-refractivity contribution in [2.75, 3.05) is 36.4 Å². The average Bonchev–Trinajstić information content (AvgIpc) is 3.09. The SMILES string of the molecule is Cc1cc(C)c2sc(N3CCN(C(=O)Nc4ccc(C)c(C)c4)CC3)nc2c1. The molecule has 1 fully saturated rings. The molecule has 1 aliphatic heterocycles. The molecule has 2 aromatic carbocycles. The smallest absolute Gasteiger partial charge is 0.321 e. The Morgan fingerprint density at radius 3 is 2.43 bits per heavy atom. The van der Waals surface area contributed by atoms with E-state index in [4.69, 9.17) is 4.98 Å². The predicted octanol–water partition coefficient (Wildman–Crippen LogP) is 4.88. The van der Waals surface area contributed by atoms with Crippen LogP contribution in [0.5, 0.6) is 0 Å². The zero-order valence-electron chi connectivity index (χ0n) is 16.9. The number of hydrogen-bond donors (Lipinski definition) is 1. The van der Waals surface area contributed by atoms with Crippen LogP contribution in [0, 0.1) is 27.7 Å². The van der Waals surface area contributed by atoms with Crippen molar-refractivity contribution in [1.82, 2.24) is 9.88 Å². The van der Waals surface area contributed by atoms with Gasteiger partial charge in [0.1, 0.15) is 0 Å². The summed E-state index contributed by atoms with van der Waals surface area (Å²) in [6.07, 6.45) is 0. The number of carbonyl (C=O) groups is 1. The van der Waals surface area contributed by atoms with Crippen LogP contribution in [0.15, 0.2) is 30.3 Å². The number of thiazole rings is 1. The Kier molecular flexibility index (Phi) is 4.98. The van der Waals surface area contributed by atoms with Gasteiger partial charge in [-0.1, -0.05) is 23.5 Å².